The van der Waals surface area contributed by atoms with Crippen molar-refractivity contribution in [2.45, 2.75) is 0 Å². The minimum absolute atomic E-state index is 0.623. The Morgan fingerprint density at radius 1 is 0.824 bits per heavy atom. The van der Waals surface area contributed by atoms with Gasteiger partial charge in [0.05, 0.1) is 0 Å². The van der Waals surface area contributed by atoms with Crippen molar-refractivity contribution in [2.24, 2.45) is 0 Å². The lowest BCUT2D eigenvalue weighted by Gasteiger charge is -2.03. The molecular weight excluding hydrogens is 232 g/mol. The average molecular weight is 240 g/mol. The third kappa shape index (κ3) is 1.92. The zero-order valence-corrected chi connectivity index (χ0v) is 9.63. The molecule has 3 rings (SSSR count). The maximum absolute atomic E-state index is 4.35. The molecule has 0 aliphatic carbocycles. The fraction of sp³-hybridized carbons (Fsp3) is 0. The Labute approximate surface area is 102 Å². The molecule has 0 aliphatic heterocycles. The first kappa shape index (κ1) is 10.0. The van der Waals surface area contributed by atoms with E-state index in [1.807, 2.05) is 17.5 Å². The largest absolute Gasteiger partial charge is 0.252 e. The van der Waals surface area contributed by atoms with Gasteiger partial charge in [-0.15, -0.1) is 11.3 Å². The summed E-state index contributed by atoms with van der Waals surface area (Å²) in [5.41, 5.74) is 1.73. The van der Waals surface area contributed by atoms with Crippen molar-refractivity contribution in [2.75, 3.05) is 0 Å². The van der Waals surface area contributed by atoms with Crippen LogP contribution in [0.15, 0.2) is 48.4 Å². The summed E-state index contributed by atoms with van der Waals surface area (Å²) >= 11 is 1.58. The summed E-state index contributed by atoms with van der Waals surface area (Å²) in [5.74, 6) is 0.623. The van der Waals surface area contributed by atoms with Gasteiger partial charge in [0.1, 0.15) is 10.7 Å². The van der Waals surface area contributed by atoms with E-state index in [1.54, 1.807) is 42.2 Å². The Balaban J connectivity index is 2.18. The molecule has 5 heteroatoms. The Hall–Kier alpha value is -2.14. The van der Waals surface area contributed by atoms with Gasteiger partial charge in [-0.2, -0.15) is 0 Å². The van der Waals surface area contributed by atoms with E-state index in [0.29, 0.717) is 5.82 Å². The van der Waals surface area contributed by atoms with E-state index >= 15 is 0 Å². The van der Waals surface area contributed by atoms with Crippen LogP contribution in [0, 0.1) is 0 Å². The fourth-order valence-electron chi connectivity index (χ4n) is 1.53. The summed E-state index contributed by atoms with van der Waals surface area (Å²) in [4.78, 5) is 17.1. The van der Waals surface area contributed by atoms with Crippen LogP contribution in [-0.4, -0.2) is 19.9 Å². The van der Waals surface area contributed by atoms with Gasteiger partial charge in [0.15, 0.2) is 5.82 Å². The molecule has 0 aliphatic rings. The Morgan fingerprint density at radius 3 is 2.41 bits per heavy atom. The van der Waals surface area contributed by atoms with Gasteiger partial charge in [0.2, 0.25) is 0 Å². The lowest BCUT2D eigenvalue weighted by molar-refractivity contribution is 1.14. The molecule has 17 heavy (non-hydrogen) atoms. The van der Waals surface area contributed by atoms with Gasteiger partial charge in [-0.25, -0.2) is 15.0 Å². The van der Waals surface area contributed by atoms with Gasteiger partial charge in [0.25, 0.3) is 0 Å². The van der Waals surface area contributed by atoms with E-state index in [9.17, 15) is 0 Å². The standard InChI is InChI=1S/C12H8N4S/c1-3-9(12-16-7-8-17-12)10(13-4-1)11-14-5-2-6-15-11/h1-8H. The molecule has 82 valence electrons. The summed E-state index contributed by atoms with van der Waals surface area (Å²) in [5, 5.41) is 2.87. The van der Waals surface area contributed by atoms with E-state index in [-0.39, 0.29) is 0 Å². The molecule has 0 saturated heterocycles. The van der Waals surface area contributed by atoms with Crippen molar-refractivity contribution in [1.82, 2.24) is 19.9 Å². The minimum atomic E-state index is 0.623. The van der Waals surface area contributed by atoms with Crippen LogP contribution in [0.4, 0.5) is 0 Å². The lowest BCUT2D eigenvalue weighted by atomic mass is 10.2. The van der Waals surface area contributed by atoms with Gasteiger partial charge in [-0.3, -0.25) is 4.98 Å². The van der Waals surface area contributed by atoms with E-state index < -0.39 is 0 Å². The van der Waals surface area contributed by atoms with Gasteiger partial charge in [-0.1, -0.05) is 0 Å². The average Bonchev–Trinajstić information content (AvgIpc) is 2.94. The second-order valence-corrected chi connectivity index (χ2v) is 4.20. The Bertz CT molecular complexity index is 607. The van der Waals surface area contributed by atoms with Gasteiger partial charge >= 0.3 is 0 Å². The summed E-state index contributed by atoms with van der Waals surface area (Å²) in [6, 6.07) is 5.66. The molecular formula is C12H8N4S. The molecule has 0 amide bonds. The highest BCUT2D eigenvalue weighted by molar-refractivity contribution is 7.13. The van der Waals surface area contributed by atoms with E-state index in [0.717, 1.165) is 16.3 Å². The molecule has 3 heterocycles. The Morgan fingerprint density at radius 2 is 1.65 bits per heavy atom. The molecule has 0 N–H and O–H groups in total. The van der Waals surface area contributed by atoms with Crippen LogP contribution in [0.25, 0.3) is 22.1 Å². The minimum Gasteiger partial charge on any atom is -0.252 e. The third-order valence-electron chi connectivity index (χ3n) is 2.25. The number of hydrogen-bond acceptors (Lipinski definition) is 5. The lowest BCUT2D eigenvalue weighted by Crippen LogP contribution is -1.93. The zero-order chi connectivity index (χ0) is 11.5. The second kappa shape index (κ2) is 4.39. The second-order valence-electron chi connectivity index (χ2n) is 3.31. The number of hydrogen-bond donors (Lipinski definition) is 0. The Kier molecular flexibility index (Phi) is 2.59. The molecule has 0 atom stereocenters. The molecule has 0 bridgehead atoms. The van der Waals surface area contributed by atoms with Crippen LogP contribution in [0.3, 0.4) is 0 Å². The number of pyridine rings is 1. The fourth-order valence-corrected chi connectivity index (χ4v) is 2.20. The maximum atomic E-state index is 4.35. The highest BCUT2D eigenvalue weighted by Crippen LogP contribution is 2.28. The summed E-state index contributed by atoms with van der Waals surface area (Å²) in [6.45, 7) is 0. The van der Waals surface area contributed by atoms with Crippen LogP contribution in [0.1, 0.15) is 0 Å². The number of nitrogens with zero attached hydrogens (tertiary/aromatic N) is 4. The first-order valence-corrected chi connectivity index (χ1v) is 5.95. The molecule has 0 fully saturated rings. The summed E-state index contributed by atoms with van der Waals surface area (Å²) < 4.78 is 0. The van der Waals surface area contributed by atoms with Crippen LogP contribution in [0.2, 0.25) is 0 Å². The molecule has 0 radical (unpaired) electrons. The van der Waals surface area contributed by atoms with Crippen molar-refractivity contribution in [1.29, 1.82) is 0 Å². The number of aromatic nitrogens is 4. The SMILES string of the molecule is c1cnc(-c2ncccc2-c2nccs2)nc1. The summed E-state index contributed by atoms with van der Waals surface area (Å²) in [7, 11) is 0. The van der Waals surface area contributed by atoms with Crippen molar-refractivity contribution in [3.05, 3.63) is 48.4 Å². The first-order chi connectivity index (χ1) is 8.45. The summed E-state index contributed by atoms with van der Waals surface area (Å²) in [6.07, 6.45) is 6.94. The molecule has 4 nitrogen and oxygen atoms in total. The molecule has 0 aromatic carbocycles. The van der Waals surface area contributed by atoms with E-state index in [1.165, 1.54) is 0 Å². The highest BCUT2D eigenvalue weighted by atomic mass is 32.1. The molecule has 0 unspecified atom stereocenters. The normalized spacial score (nSPS) is 10.4. The quantitative estimate of drug-likeness (QED) is 0.691. The van der Waals surface area contributed by atoms with Crippen molar-refractivity contribution in [3.63, 3.8) is 0 Å². The van der Waals surface area contributed by atoms with Crippen LogP contribution in [-0.2, 0) is 0 Å². The van der Waals surface area contributed by atoms with Gasteiger partial charge in [0, 0.05) is 35.7 Å². The highest BCUT2D eigenvalue weighted by Gasteiger charge is 2.11. The monoisotopic (exact) mass is 240 g/mol. The molecule has 3 aromatic rings. The third-order valence-corrected chi connectivity index (χ3v) is 3.05. The van der Waals surface area contributed by atoms with Crippen molar-refractivity contribution < 1.29 is 0 Å². The molecule has 0 saturated carbocycles. The van der Waals surface area contributed by atoms with Crippen LogP contribution < -0.4 is 0 Å². The molecule has 3 aromatic heterocycles. The predicted octanol–water partition coefficient (Wildman–Crippen LogP) is 2.66. The van der Waals surface area contributed by atoms with Crippen LogP contribution >= 0.6 is 11.3 Å². The smallest absolute Gasteiger partial charge is 0.178 e. The first-order valence-electron chi connectivity index (χ1n) is 5.07. The van der Waals surface area contributed by atoms with E-state index in [4.69, 9.17) is 0 Å². The number of thiazole rings is 1. The van der Waals surface area contributed by atoms with Crippen molar-refractivity contribution in [3.8, 4) is 22.1 Å². The topological polar surface area (TPSA) is 51.6 Å². The number of rotatable bonds is 2. The zero-order valence-electron chi connectivity index (χ0n) is 8.82. The maximum Gasteiger partial charge on any atom is 0.178 e. The van der Waals surface area contributed by atoms with Gasteiger partial charge in [-0.05, 0) is 18.2 Å². The van der Waals surface area contributed by atoms with Crippen molar-refractivity contribution >= 4 is 11.3 Å². The van der Waals surface area contributed by atoms with E-state index in [2.05, 4.69) is 19.9 Å². The molecule has 0 spiro atoms. The predicted molar refractivity (Wildman–Crippen MR) is 66.4 cm³/mol. The van der Waals surface area contributed by atoms with Crippen LogP contribution in [0.5, 0.6) is 0 Å². The van der Waals surface area contributed by atoms with Gasteiger partial charge < -0.3 is 0 Å².